The van der Waals surface area contributed by atoms with Crippen LogP contribution in [0.5, 0.6) is 0 Å². The summed E-state index contributed by atoms with van der Waals surface area (Å²) in [6, 6.07) is 7.14. The highest BCUT2D eigenvalue weighted by molar-refractivity contribution is 9.10. The third-order valence-electron chi connectivity index (χ3n) is 1.75. The zero-order chi connectivity index (χ0) is 10.1. The summed E-state index contributed by atoms with van der Waals surface area (Å²) in [6.07, 6.45) is 0. The third kappa shape index (κ3) is 1.63. The summed E-state index contributed by atoms with van der Waals surface area (Å²) in [4.78, 5) is 0. The zero-order valence-corrected chi connectivity index (χ0v) is 9.34. The van der Waals surface area contributed by atoms with Crippen molar-refractivity contribution in [2.45, 2.75) is 0 Å². The van der Waals surface area contributed by atoms with E-state index in [1.54, 1.807) is 12.1 Å². The van der Waals surface area contributed by atoms with Crippen molar-refractivity contribution in [1.82, 2.24) is 5.16 Å². The van der Waals surface area contributed by atoms with E-state index in [0.717, 1.165) is 10.0 Å². The lowest BCUT2D eigenvalue weighted by molar-refractivity contribution is 0.435. The van der Waals surface area contributed by atoms with E-state index in [1.165, 1.54) is 0 Å². The highest BCUT2D eigenvalue weighted by Crippen LogP contribution is 2.34. The molecule has 1 heterocycles. The van der Waals surface area contributed by atoms with E-state index in [0.29, 0.717) is 16.6 Å². The minimum atomic E-state index is 0.354. The van der Waals surface area contributed by atoms with E-state index in [9.17, 15) is 0 Å². The number of aromatic nitrogens is 1. The zero-order valence-electron chi connectivity index (χ0n) is 7.00. The second-order valence-corrected chi connectivity index (χ2v) is 3.92. The lowest BCUT2D eigenvalue weighted by atomic mass is 10.2. The second-order valence-electron chi connectivity index (χ2n) is 2.72. The van der Waals surface area contributed by atoms with E-state index >= 15 is 0 Å². The van der Waals surface area contributed by atoms with Crippen LogP contribution >= 0.6 is 27.5 Å². The summed E-state index contributed by atoms with van der Waals surface area (Å²) in [6.45, 7) is 0. The second kappa shape index (κ2) is 3.63. The highest BCUT2D eigenvalue weighted by Gasteiger charge is 2.10. The molecule has 0 spiro atoms. The molecule has 1 aromatic heterocycles. The van der Waals surface area contributed by atoms with Gasteiger partial charge in [-0.15, -0.1) is 0 Å². The van der Waals surface area contributed by atoms with Gasteiger partial charge in [0.05, 0.1) is 5.02 Å². The van der Waals surface area contributed by atoms with Crippen molar-refractivity contribution in [1.29, 1.82) is 0 Å². The van der Waals surface area contributed by atoms with Crippen LogP contribution in [-0.4, -0.2) is 5.16 Å². The van der Waals surface area contributed by atoms with E-state index in [2.05, 4.69) is 21.1 Å². The van der Waals surface area contributed by atoms with Crippen molar-refractivity contribution >= 4 is 33.3 Å². The number of nitrogens with zero attached hydrogens (tertiary/aromatic N) is 1. The SMILES string of the molecule is Nc1cc(-c2cccc(Cl)c2Br)on1. The van der Waals surface area contributed by atoms with Gasteiger partial charge < -0.3 is 10.3 Å². The number of nitrogens with two attached hydrogens (primary N) is 1. The molecular weight excluding hydrogens is 267 g/mol. The molecule has 0 fully saturated rings. The van der Waals surface area contributed by atoms with Gasteiger partial charge in [0.25, 0.3) is 0 Å². The molecule has 0 atom stereocenters. The van der Waals surface area contributed by atoms with Crippen LogP contribution in [0.2, 0.25) is 5.02 Å². The van der Waals surface area contributed by atoms with Gasteiger partial charge in [-0.1, -0.05) is 22.8 Å². The molecule has 14 heavy (non-hydrogen) atoms. The number of hydrogen-bond acceptors (Lipinski definition) is 3. The number of rotatable bonds is 1. The normalized spacial score (nSPS) is 10.4. The number of anilines is 1. The molecule has 0 amide bonds. The molecule has 0 aliphatic carbocycles. The first kappa shape index (κ1) is 9.55. The predicted octanol–water partition coefficient (Wildman–Crippen LogP) is 3.34. The van der Waals surface area contributed by atoms with Gasteiger partial charge in [0.15, 0.2) is 11.6 Å². The first-order chi connectivity index (χ1) is 6.68. The molecule has 5 heteroatoms. The standard InChI is InChI=1S/C9H6BrClN2O/c10-9-5(2-1-3-6(9)11)7-4-8(12)13-14-7/h1-4H,(H2,12,13). The fourth-order valence-electron chi connectivity index (χ4n) is 1.11. The van der Waals surface area contributed by atoms with Crippen LogP contribution in [0.3, 0.4) is 0 Å². The van der Waals surface area contributed by atoms with Gasteiger partial charge in [-0.05, 0) is 28.1 Å². The molecule has 3 nitrogen and oxygen atoms in total. The van der Waals surface area contributed by atoms with E-state index in [4.69, 9.17) is 21.9 Å². The summed E-state index contributed by atoms with van der Waals surface area (Å²) < 4.78 is 5.80. The predicted molar refractivity (Wildman–Crippen MR) is 59.1 cm³/mol. The van der Waals surface area contributed by atoms with Crippen LogP contribution in [0.25, 0.3) is 11.3 Å². The Kier molecular flexibility index (Phi) is 2.48. The number of nitrogen functional groups attached to an aromatic ring is 1. The first-order valence-corrected chi connectivity index (χ1v) is 5.02. The van der Waals surface area contributed by atoms with Crippen molar-refractivity contribution in [3.8, 4) is 11.3 Å². The fraction of sp³-hybridized carbons (Fsp3) is 0. The Balaban J connectivity index is 2.57. The van der Waals surface area contributed by atoms with Crippen LogP contribution in [0, 0.1) is 0 Å². The fourth-order valence-corrected chi connectivity index (χ4v) is 1.74. The van der Waals surface area contributed by atoms with Crippen molar-refractivity contribution in [2.24, 2.45) is 0 Å². The van der Waals surface area contributed by atoms with Crippen LogP contribution in [0.1, 0.15) is 0 Å². The van der Waals surface area contributed by atoms with Crippen LogP contribution in [-0.2, 0) is 0 Å². The summed E-state index contributed by atoms with van der Waals surface area (Å²) in [5, 5.41) is 4.23. The van der Waals surface area contributed by atoms with Gasteiger partial charge in [0.1, 0.15) is 0 Å². The highest BCUT2D eigenvalue weighted by atomic mass is 79.9. The largest absolute Gasteiger partial charge is 0.381 e. The van der Waals surface area contributed by atoms with E-state index in [-0.39, 0.29) is 0 Å². The van der Waals surface area contributed by atoms with Crippen molar-refractivity contribution < 1.29 is 4.52 Å². The Morgan fingerprint density at radius 3 is 2.86 bits per heavy atom. The molecule has 0 radical (unpaired) electrons. The Morgan fingerprint density at radius 2 is 2.21 bits per heavy atom. The Labute approximate surface area is 94.0 Å². The van der Waals surface area contributed by atoms with E-state index < -0.39 is 0 Å². The minimum Gasteiger partial charge on any atom is -0.381 e. The molecule has 0 aliphatic rings. The molecule has 72 valence electrons. The molecule has 2 rings (SSSR count). The molecule has 0 aliphatic heterocycles. The topological polar surface area (TPSA) is 52.0 Å². The Hall–Kier alpha value is -1.00. The van der Waals surface area contributed by atoms with Crippen LogP contribution in [0.4, 0.5) is 5.82 Å². The van der Waals surface area contributed by atoms with Crippen molar-refractivity contribution in [3.05, 3.63) is 33.8 Å². The molecule has 0 saturated carbocycles. The van der Waals surface area contributed by atoms with Crippen molar-refractivity contribution in [2.75, 3.05) is 5.73 Å². The van der Waals surface area contributed by atoms with Gasteiger partial charge in [-0.2, -0.15) is 0 Å². The maximum Gasteiger partial charge on any atom is 0.170 e. The number of hydrogen-bond donors (Lipinski definition) is 1. The molecule has 2 aromatic rings. The Bertz CT molecular complexity index is 470. The van der Waals surface area contributed by atoms with E-state index in [1.807, 2.05) is 12.1 Å². The average Bonchev–Trinajstić information content (AvgIpc) is 2.57. The van der Waals surface area contributed by atoms with Gasteiger partial charge in [-0.25, -0.2) is 0 Å². The van der Waals surface area contributed by atoms with Crippen LogP contribution < -0.4 is 5.73 Å². The quantitative estimate of drug-likeness (QED) is 0.867. The third-order valence-corrected chi connectivity index (χ3v) is 3.14. The lowest BCUT2D eigenvalue weighted by Gasteiger charge is -2.00. The molecule has 1 aromatic carbocycles. The summed E-state index contributed by atoms with van der Waals surface area (Å²) >= 11 is 9.30. The monoisotopic (exact) mass is 272 g/mol. The molecule has 0 unspecified atom stereocenters. The maximum absolute atomic E-state index is 5.93. The van der Waals surface area contributed by atoms with Gasteiger partial charge in [-0.3, -0.25) is 0 Å². The summed E-state index contributed by atoms with van der Waals surface area (Å²) in [5.74, 6) is 0.948. The summed E-state index contributed by atoms with van der Waals surface area (Å²) in [5.41, 5.74) is 6.29. The van der Waals surface area contributed by atoms with Crippen molar-refractivity contribution in [3.63, 3.8) is 0 Å². The van der Waals surface area contributed by atoms with Gasteiger partial charge in [0.2, 0.25) is 0 Å². The van der Waals surface area contributed by atoms with Crippen LogP contribution in [0.15, 0.2) is 33.3 Å². The number of halogens is 2. The molecule has 2 N–H and O–H groups in total. The molecule has 0 saturated heterocycles. The Morgan fingerprint density at radius 1 is 1.43 bits per heavy atom. The minimum absolute atomic E-state index is 0.354. The summed E-state index contributed by atoms with van der Waals surface area (Å²) in [7, 11) is 0. The van der Waals surface area contributed by atoms with Gasteiger partial charge in [0, 0.05) is 16.1 Å². The smallest absolute Gasteiger partial charge is 0.170 e. The lowest BCUT2D eigenvalue weighted by Crippen LogP contribution is -1.80. The maximum atomic E-state index is 5.93. The molecular formula is C9H6BrClN2O. The molecule has 0 bridgehead atoms. The number of benzene rings is 1. The first-order valence-electron chi connectivity index (χ1n) is 3.85. The average molecular weight is 274 g/mol. The van der Waals surface area contributed by atoms with Gasteiger partial charge >= 0.3 is 0 Å².